The van der Waals surface area contributed by atoms with E-state index in [2.05, 4.69) is 9.47 Å². The van der Waals surface area contributed by atoms with Gasteiger partial charge in [0.2, 0.25) is 0 Å². The van der Waals surface area contributed by atoms with Gasteiger partial charge in [-0.2, -0.15) is 13.2 Å². The van der Waals surface area contributed by atoms with Crippen molar-refractivity contribution < 1.29 is 40.6 Å². The van der Waals surface area contributed by atoms with E-state index in [9.17, 15) is 35.9 Å². The van der Waals surface area contributed by atoms with Gasteiger partial charge in [-0.3, -0.25) is 4.79 Å². The van der Waals surface area contributed by atoms with E-state index < -0.39 is 41.1 Å². The van der Waals surface area contributed by atoms with Crippen LogP contribution in [0.1, 0.15) is 16.1 Å². The molecule has 0 atom stereocenters. The zero-order chi connectivity index (χ0) is 15.7. The predicted molar refractivity (Wildman–Crippen MR) is 50.1 cm³/mol. The van der Waals surface area contributed by atoms with Crippen molar-refractivity contribution >= 4 is 5.97 Å². The normalized spacial score (nSPS) is 12.2. The second kappa shape index (κ2) is 5.06. The highest BCUT2D eigenvalue weighted by molar-refractivity contribution is 5.92. The number of H-pyrrole nitrogens is 1. The standard InChI is InChI=1S/C9H5F6NO4/c1-19-7(18)5-3(20-9(13,14)15)2-4(8(10,11)12)16-6(5)17/h2H,1H3,(H,16,17). The van der Waals surface area contributed by atoms with Crippen molar-refractivity contribution in [1.29, 1.82) is 0 Å². The van der Waals surface area contributed by atoms with E-state index in [0.29, 0.717) is 0 Å². The molecule has 0 bridgehead atoms. The number of aromatic nitrogens is 1. The number of methoxy groups -OCH3 is 1. The Balaban J connectivity index is 3.52. The molecule has 1 N–H and O–H groups in total. The number of pyridine rings is 1. The molecule has 112 valence electrons. The van der Waals surface area contributed by atoms with E-state index in [-0.39, 0.29) is 6.07 Å². The maximum atomic E-state index is 12.4. The molecule has 20 heavy (non-hydrogen) atoms. The zero-order valence-electron chi connectivity index (χ0n) is 9.48. The van der Waals surface area contributed by atoms with Crippen LogP contribution in [-0.4, -0.2) is 24.4 Å². The SMILES string of the molecule is COC(=O)c1c(OC(F)(F)F)cc(C(F)(F)F)[nH]c1=O. The molecule has 1 rings (SSSR count). The summed E-state index contributed by atoms with van der Waals surface area (Å²) in [6.45, 7) is 0. The maximum absolute atomic E-state index is 12.4. The van der Waals surface area contributed by atoms with Crippen molar-refractivity contribution in [2.24, 2.45) is 0 Å². The molecule has 1 aromatic heterocycles. The van der Waals surface area contributed by atoms with Crippen LogP contribution >= 0.6 is 0 Å². The number of hydrogen-bond acceptors (Lipinski definition) is 4. The average Bonchev–Trinajstić information content (AvgIpc) is 2.24. The fraction of sp³-hybridized carbons (Fsp3) is 0.333. The van der Waals surface area contributed by atoms with E-state index in [1.807, 2.05) is 0 Å². The van der Waals surface area contributed by atoms with Gasteiger partial charge in [-0.15, -0.1) is 13.2 Å². The summed E-state index contributed by atoms with van der Waals surface area (Å²) in [7, 11) is 0.733. The smallest absolute Gasteiger partial charge is 0.465 e. The van der Waals surface area contributed by atoms with Crippen LogP contribution in [0.15, 0.2) is 10.9 Å². The molecule has 0 aromatic carbocycles. The van der Waals surface area contributed by atoms with Crippen molar-refractivity contribution in [1.82, 2.24) is 4.98 Å². The summed E-state index contributed by atoms with van der Waals surface area (Å²) < 4.78 is 80.6. The van der Waals surface area contributed by atoms with Crippen LogP contribution in [0.3, 0.4) is 0 Å². The van der Waals surface area contributed by atoms with Gasteiger partial charge in [0.1, 0.15) is 5.69 Å². The van der Waals surface area contributed by atoms with Crippen molar-refractivity contribution in [3.8, 4) is 5.75 Å². The molecule has 1 heterocycles. The van der Waals surface area contributed by atoms with Gasteiger partial charge in [0, 0.05) is 6.07 Å². The Kier molecular flexibility index (Phi) is 4.01. The van der Waals surface area contributed by atoms with Crippen LogP contribution in [0.5, 0.6) is 5.75 Å². The number of nitrogens with one attached hydrogen (secondary N) is 1. The number of hydrogen-bond donors (Lipinski definition) is 1. The molecular formula is C9H5F6NO4. The van der Waals surface area contributed by atoms with Crippen LogP contribution < -0.4 is 10.3 Å². The first kappa shape index (κ1) is 15.9. The number of ether oxygens (including phenoxy) is 2. The minimum absolute atomic E-state index is 0.152. The second-order valence-electron chi connectivity index (χ2n) is 3.29. The van der Waals surface area contributed by atoms with E-state index in [1.165, 1.54) is 4.98 Å². The van der Waals surface area contributed by atoms with E-state index in [1.54, 1.807) is 0 Å². The fourth-order valence-corrected chi connectivity index (χ4v) is 1.19. The lowest BCUT2D eigenvalue weighted by molar-refractivity contribution is -0.275. The molecule has 0 spiro atoms. The predicted octanol–water partition coefficient (Wildman–Crippen LogP) is 2.08. The Morgan fingerprint density at radius 1 is 1.20 bits per heavy atom. The molecule has 0 saturated carbocycles. The number of carbonyl (C=O) groups is 1. The fourth-order valence-electron chi connectivity index (χ4n) is 1.19. The number of halogens is 6. The Morgan fingerprint density at radius 3 is 2.15 bits per heavy atom. The maximum Gasteiger partial charge on any atom is 0.573 e. The number of rotatable bonds is 2. The Labute approximate surface area is 106 Å². The Morgan fingerprint density at radius 2 is 1.75 bits per heavy atom. The molecule has 0 aliphatic carbocycles. The first-order chi connectivity index (χ1) is 8.95. The molecular weight excluding hydrogens is 300 g/mol. The first-order valence-corrected chi connectivity index (χ1v) is 4.64. The molecule has 0 radical (unpaired) electrons. The van der Waals surface area contributed by atoms with Gasteiger partial charge in [0.15, 0.2) is 11.3 Å². The molecule has 0 amide bonds. The highest BCUT2D eigenvalue weighted by atomic mass is 19.4. The largest absolute Gasteiger partial charge is 0.573 e. The van der Waals surface area contributed by atoms with Crippen LogP contribution in [0, 0.1) is 0 Å². The molecule has 0 aliphatic rings. The number of aromatic amines is 1. The van der Waals surface area contributed by atoms with Gasteiger partial charge in [-0.25, -0.2) is 4.79 Å². The monoisotopic (exact) mass is 305 g/mol. The number of esters is 1. The average molecular weight is 305 g/mol. The minimum Gasteiger partial charge on any atom is -0.465 e. The summed E-state index contributed by atoms with van der Waals surface area (Å²) in [6, 6.07) is -0.152. The lowest BCUT2D eigenvalue weighted by Crippen LogP contribution is -2.27. The summed E-state index contributed by atoms with van der Waals surface area (Å²) in [5, 5.41) is 0. The topological polar surface area (TPSA) is 68.4 Å². The van der Waals surface area contributed by atoms with Gasteiger partial charge < -0.3 is 14.5 Å². The Hall–Kier alpha value is -2.20. The van der Waals surface area contributed by atoms with E-state index in [4.69, 9.17) is 0 Å². The van der Waals surface area contributed by atoms with Crippen molar-refractivity contribution in [2.45, 2.75) is 12.5 Å². The van der Waals surface area contributed by atoms with Crippen LogP contribution in [-0.2, 0) is 10.9 Å². The van der Waals surface area contributed by atoms with Crippen molar-refractivity contribution in [3.05, 3.63) is 27.7 Å². The summed E-state index contributed by atoms with van der Waals surface area (Å²) in [5.41, 5.74) is -4.84. The summed E-state index contributed by atoms with van der Waals surface area (Å²) in [6.07, 6.45) is -10.5. The van der Waals surface area contributed by atoms with Gasteiger partial charge >= 0.3 is 18.5 Å². The molecule has 0 fully saturated rings. The molecule has 11 heteroatoms. The third-order valence-corrected chi connectivity index (χ3v) is 1.92. The molecule has 0 unspecified atom stereocenters. The van der Waals surface area contributed by atoms with Gasteiger partial charge in [-0.05, 0) is 0 Å². The molecule has 5 nitrogen and oxygen atoms in total. The number of alkyl halides is 6. The van der Waals surface area contributed by atoms with Crippen molar-refractivity contribution in [3.63, 3.8) is 0 Å². The van der Waals surface area contributed by atoms with Crippen LogP contribution in [0.2, 0.25) is 0 Å². The summed E-state index contributed by atoms with van der Waals surface area (Å²) >= 11 is 0. The van der Waals surface area contributed by atoms with Gasteiger partial charge in [0.05, 0.1) is 7.11 Å². The zero-order valence-corrected chi connectivity index (χ0v) is 9.48. The lowest BCUT2D eigenvalue weighted by atomic mass is 10.2. The van der Waals surface area contributed by atoms with Gasteiger partial charge in [-0.1, -0.05) is 0 Å². The third-order valence-electron chi connectivity index (χ3n) is 1.92. The highest BCUT2D eigenvalue weighted by Crippen LogP contribution is 2.32. The quantitative estimate of drug-likeness (QED) is 0.671. The summed E-state index contributed by atoms with van der Waals surface area (Å²) in [5.74, 6) is -3.17. The van der Waals surface area contributed by atoms with Gasteiger partial charge in [0.25, 0.3) is 5.56 Å². The van der Waals surface area contributed by atoms with E-state index in [0.717, 1.165) is 7.11 Å². The third kappa shape index (κ3) is 3.65. The van der Waals surface area contributed by atoms with Crippen LogP contribution in [0.4, 0.5) is 26.3 Å². The van der Waals surface area contributed by atoms with Crippen LogP contribution in [0.25, 0.3) is 0 Å². The number of carbonyl (C=O) groups excluding carboxylic acids is 1. The molecule has 0 saturated heterocycles. The molecule has 1 aromatic rings. The molecule has 0 aliphatic heterocycles. The van der Waals surface area contributed by atoms with E-state index >= 15 is 0 Å². The van der Waals surface area contributed by atoms with Crippen molar-refractivity contribution in [2.75, 3.05) is 7.11 Å². The Bertz CT molecular complexity index is 573. The summed E-state index contributed by atoms with van der Waals surface area (Å²) in [4.78, 5) is 23.6. The highest BCUT2D eigenvalue weighted by Gasteiger charge is 2.38. The second-order valence-corrected chi connectivity index (χ2v) is 3.29. The first-order valence-electron chi connectivity index (χ1n) is 4.64. The minimum atomic E-state index is -5.39. The lowest BCUT2D eigenvalue weighted by Gasteiger charge is -2.14.